The Bertz CT molecular complexity index is 1330. The number of hydrogen-bond acceptors (Lipinski definition) is 5. The van der Waals surface area contributed by atoms with Gasteiger partial charge in [0.25, 0.3) is 0 Å². The maximum atomic E-state index is 13.0. The Balaban J connectivity index is 4.18. The topological polar surface area (TPSA) is 105 Å². The quantitative estimate of drug-likeness (QED) is 0.0243. The third kappa shape index (κ3) is 51.8. The second-order valence-corrected chi connectivity index (χ2v) is 21.7. The van der Waals surface area contributed by atoms with Gasteiger partial charge in [0.1, 0.15) is 13.2 Å². The van der Waals surface area contributed by atoms with Gasteiger partial charge in [-0.05, 0) is 70.6 Å². The maximum absolute atomic E-state index is 13.0. The highest BCUT2D eigenvalue weighted by Crippen LogP contribution is 2.43. The minimum atomic E-state index is -4.36. The smallest absolute Gasteiger partial charge is 0.387 e. The van der Waals surface area contributed by atoms with E-state index in [9.17, 15) is 19.4 Å². The predicted molar refractivity (Wildman–Crippen MR) is 295 cm³/mol. The number of phosphoric ester groups is 1. The predicted octanol–water partition coefficient (Wildman–Crippen LogP) is 17.1. The fourth-order valence-electron chi connectivity index (χ4n) is 7.99. The number of phosphoric acid groups is 1. The molecule has 0 saturated carbocycles. The first-order valence-corrected chi connectivity index (χ1v) is 29.8. The lowest BCUT2D eigenvalue weighted by atomic mass is 10.0. The molecular weight excluding hydrogens is 864 g/mol. The molecule has 3 N–H and O–H groups in total. The molecule has 0 fully saturated rings. The van der Waals surface area contributed by atoms with Gasteiger partial charge in [0.2, 0.25) is 5.91 Å². The molecular formula is C59H110N2O6P+. The molecule has 0 spiro atoms. The zero-order valence-corrected chi connectivity index (χ0v) is 46.0. The van der Waals surface area contributed by atoms with Crippen molar-refractivity contribution in [3.05, 3.63) is 72.9 Å². The number of carbonyl (C=O) groups excluding carboxylic acids is 1. The minimum Gasteiger partial charge on any atom is -0.387 e. The first-order chi connectivity index (χ1) is 33.0. The van der Waals surface area contributed by atoms with Crippen LogP contribution in [0.15, 0.2) is 72.9 Å². The van der Waals surface area contributed by atoms with Crippen molar-refractivity contribution in [3.63, 3.8) is 0 Å². The molecule has 0 aromatic rings. The lowest BCUT2D eigenvalue weighted by molar-refractivity contribution is -0.870. The van der Waals surface area contributed by atoms with Crippen molar-refractivity contribution >= 4 is 13.7 Å². The monoisotopic (exact) mass is 974 g/mol. The van der Waals surface area contributed by atoms with Crippen molar-refractivity contribution in [3.8, 4) is 0 Å². The molecule has 68 heavy (non-hydrogen) atoms. The molecule has 0 rings (SSSR count). The number of aliphatic hydroxyl groups excluding tert-OH is 1. The molecule has 396 valence electrons. The summed E-state index contributed by atoms with van der Waals surface area (Å²) in [6, 6.07) is -0.865. The van der Waals surface area contributed by atoms with Crippen LogP contribution in [0, 0.1) is 0 Å². The summed E-state index contributed by atoms with van der Waals surface area (Å²) >= 11 is 0. The zero-order valence-electron chi connectivity index (χ0n) is 45.1. The first-order valence-electron chi connectivity index (χ1n) is 28.3. The van der Waals surface area contributed by atoms with E-state index < -0.39 is 20.0 Å². The Kier molecular flexibility index (Phi) is 48.4. The molecule has 3 unspecified atom stereocenters. The normalized spacial score (nSPS) is 14.5. The summed E-state index contributed by atoms with van der Waals surface area (Å²) in [4.78, 5) is 23.3. The summed E-state index contributed by atoms with van der Waals surface area (Å²) in [5.74, 6) is -0.187. The van der Waals surface area contributed by atoms with Crippen LogP contribution in [-0.2, 0) is 18.4 Å². The molecule has 0 aliphatic carbocycles. The number of unbranched alkanes of at least 4 members (excludes halogenated alkanes) is 28. The van der Waals surface area contributed by atoms with E-state index in [4.69, 9.17) is 9.05 Å². The van der Waals surface area contributed by atoms with Crippen molar-refractivity contribution in [2.75, 3.05) is 40.9 Å². The van der Waals surface area contributed by atoms with Gasteiger partial charge in [0.05, 0.1) is 39.9 Å². The van der Waals surface area contributed by atoms with Gasteiger partial charge in [0.15, 0.2) is 0 Å². The van der Waals surface area contributed by atoms with E-state index in [2.05, 4.69) is 79.9 Å². The van der Waals surface area contributed by atoms with Gasteiger partial charge < -0.3 is 19.8 Å². The van der Waals surface area contributed by atoms with Crippen molar-refractivity contribution in [2.45, 2.75) is 257 Å². The number of carbonyl (C=O) groups is 1. The Morgan fingerprint density at radius 3 is 1.35 bits per heavy atom. The second kappa shape index (κ2) is 49.9. The Morgan fingerprint density at radius 2 is 0.897 bits per heavy atom. The molecule has 9 heteroatoms. The van der Waals surface area contributed by atoms with Gasteiger partial charge in [-0.1, -0.05) is 241 Å². The summed E-state index contributed by atoms with van der Waals surface area (Å²) in [5.41, 5.74) is 0. The molecule has 0 radical (unpaired) electrons. The Morgan fingerprint density at radius 1 is 0.515 bits per heavy atom. The number of allylic oxidation sites excluding steroid dienone is 11. The largest absolute Gasteiger partial charge is 0.472 e. The highest BCUT2D eigenvalue weighted by Gasteiger charge is 2.27. The molecule has 0 saturated heterocycles. The average molecular weight is 975 g/mol. The molecule has 0 aromatic heterocycles. The number of aliphatic hydroxyl groups is 1. The summed E-state index contributed by atoms with van der Waals surface area (Å²) in [7, 11) is 1.55. The van der Waals surface area contributed by atoms with Gasteiger partial charge in [-0.25, -0.2) is 4.57 Å². The standard InChI is InChI=1S/C59H109N2O6P/c1-6-8-10-12-14-16-18-20-22-24-25-26-27-28-29-30-31-32-33-34-35-37-39-41-43-45-47-49-51-53-59(63)60-57(56-67-68(64,65)66-55-54-61(3,4)5)58(62)52-50-48-46-44-42-40-38-36-23-21-19-17-15-13-11-9-7-2/h8,10,14,16,20,22,25-26,42,44,50,52,57-58,62H,6-7,9,11-13,15,17-19,21,23-24,27-41,43,45-49,51,53-56H2,1-5H3,(H-,60,63,64,65)/p+1/b10-8-,16-14-,22-20-,26-25-,44-42+,52-50+. The number of rotatable bonds is 51. The highest BCUT2D eigenvalue weighted by atomic mass is 31.2. The third-order valence-corrected chi connectivity index (χ3v) is 13.4. The summed E-state index contributed by atoms with van der Waals surface area (Å²) < 4.78 is 23.7. The van der Waals surface area contributed by atoms with E-state index >= 15 is 0 Å². The SMILES string of the molecule is CC/C=C\C/C=C\C/C=C\C/C=C\CCCCCCCCCCCCCCCCCCC(=O)NC(COP(=O)(O)OCC[N+](C)(C)C)C(O)/C=C/CC/C=C/CCCCCCCCCCCCC. The summed E-state index contributed by atoms with van der Waals surface area (Å²) in [5, 5.41) is 13.9. The van der Waals surface area contributed by atoms with E-state index in [1.165, 1.54) is 161 Å². The number of amides is 1. The number of likely N-dealkylation sites (N-methyl/N-ethyl adjacent to an activating group) is 1. The number of quaternary nitrogens is 1. The van der Waals surface area contributed by atoms with Crippen LogP contribution in [0.3, 0.4) is 0 Å². The van der Waals surface area contributed by atoms with Gasteiger partial charge in [0, 0.05) is 6.42 Å². The van der Waals surface area contributed by atoms with Crippen LogP contribution >= 0.6 is 7.82 Å². The minimum absolute atomic E-state index is 0.0547. The van der Waals surface area contributed by atoms with Crippen molar-refractivity contribution in [1.82, 2.24) is 5.32 Å². The van der Waals surface area contributed by atoms with E-state index in [0.29, 0.717) is 17.4 Å². The van der Waals surface area contributed by atoms with Gasteiger partial charge in [-0.3, -0.25) is 13.8 Å². The van der Waals surface area contributed by atoms with E-state index in [0.717, 1.165) is 64.2 Å². The molecule has 3 atom stereocenters. The summed E-state index contributed by atoms with van der Waals surface area (Å²) in [6.45, 7) is 4.69. The van der Waals surface area contributed by atoms with Crippen LogP contribution in [0.2, 0.25) is 0 Å². The Hall–Kier alpha value is -2.06. The fourth-order valence-corrected chi connectivity index (χ4v) is 8.73. The van der Waals surface area contributed by atoms with Crippen molar-refractivity contribution in [2.24, 2.45) is 0 Å². The molecule has 0 aliphatic rings. The zero-order chi connectivity index (χ0) is 49.9. The Labute approximate surface area is 421 Å². The number of hydrogen-bond donors (Lipinski definition) is 3. The van der Waals surface area contributed by atoms with Crippen LogP contribution in [-0.4, -0.2) is 73.4 Å². The van der Waals surface area contributed by atoms with Crippen LogP contribution < -0.4 is 5.32 Å². The van der Waals surface area contributed by atoms with Crippen LogP contribution in [0.5, 0.6) is 0 Å². The van der Waals surface area contributed by atoms with Gasteiger partial charge >= 0.3 is 7.82 Å². The highest BCUT2D eigenvalue weighted by molar-refractivity contribution is 7.47. The van der Waals surface area contributed by atoms with Crippen LogP contribution in [0.4, 0.5) is 0 Å². The number of nitrogens with zero attached hydrogens (tertiary/aromatic N) is 1. The summed E-state index contributed by atoms with van der Waals surface area (Å²) in [6.07, 6.45) is 68.6. The van der Waals surface area contributed by atoms with Gasteiger partial charge in [-0.15, -0.1) is 0 Å². The van der Waals surface area contributed by atoms with Crippen molar-refractivity contribution in [1.29, 1.82) is 0 Å². The van der Waals surface area contributed by atoms with E-state index in [-0.39, 0.29) is 19.1 Å². The third-order valence-electron chi connectivity index (χ3n) is 12.4. The molecule has 0 aliphatic heterocycles. The van der Waals surface area contributed by atoms with Crippen molar-refractivity contribution < 1.29 is 32.9 Å². The average Bonchev–Trinajstić information content (AvgIpc) is 3.30. The van der Waals surface area contributed by atoms with Crippen LogP contribution in [0.1, 0.15) is 245 Å². The second-order valence-electron chi connectivity index (χ2n) is 20.3. The maximum Gasteiger partial charge on any atom is 0.472 e. The molecule has 8 nitrogen and oxygen atoms in total. The van der Waals surface area contributed by atoms with Gasteiger partial charge in [-0.2, -0.15) is 0 Å². The molecule has 0 bridgehead atoms. The molecule has 0 heterocycles. The lowest BCUT2D eigenvalue weighted by Crippen LogP contribution is -2.45. The lowest BCUT2D eigenvalue weighted by Gasteiger charge is -2.25. The number of nitrogens with one attached hydrogen (secondary N) is 1. The van der Waals surface area contributed by atoms with Crippen LogP contribution in [0.25, 0.3) is 0 Å². The molecule has 1 amide bonds. The first kappa shape index (κ1) is 65.9. The fraction of sp³-hybridized carbons (Fsp3) is 0.780. The molecule has 0 aromatic carbocycles. The van der Waals surface area contributed by atoms with E-state index in [1.807, 2.05) is 27.2 Å². The van der Waals surface area contributed by atoms with E-state index in [1.54, 1.807) is 6.08 Å².